The minimum Gasteiger partial charge on any atom is -0.464 e. The van der Waals surface area contributed by atoms with Crippen molar-refractivity contribution in [2.45, 2.75) is 64.3 Å². The van der Waals surface area contributed by atoms with Crippen molar-refractivity contribution >= 4 is 34.9 Å². The Kier molecular flexibility index (Phi) is 14.7. The minimum atomic E-state index is -1.19. The van der Waals surface area contributed by atoms with Crippen molar-refractivity contribution in [2.75, 3.05) is 25.2 Å². The average molecular weight is 555 g/mol. The summed E-state index contributed by atoms with van der Waals surface area (Å²) in [5.41, 5.74) is 0.0521. The minimum absolute atomic E-state index is 0.0230. The van der Waals surface area contributed by atoms with E-state index in [4.69, 9.17) is 18.9 Å². The van der Waals surface area contributed by atoms with Crippen LogP contribution in [0, 0.1) is 0 Å². The maximum absolute atomic E-state index is 12.5. The highest BCUT2D eigenvalue weighted by Gasteiger charge is 2.25. The van der Waals surface area contributed by atoms with Gasteiger partial charge in [0.2, 0.25) is 0 Å². The highest BCUT2D eigenvalue weighted by atomic mass is 32.2. The highest BCUT2D eigenvalue weighted by Crippen LogP contribution is 2.08. The van der Waals surface area contributed by atoms with Crippen LogP contribution in [0.3, 0.4) is 0 Å². The second-order valence-corrected chi connectivity index (χ2v) is 10.8. The summed E-state index contributed by atoms with van der Waals surface area (Å²) in [5, 5.41) is 4.89. The Morgan fingerprint density at radius 3 is 2.08 bits per heavy atom. The molecule has 1 unspecified atom stereocenters. The number of nitrogens with one attached hydrogen (secondary N) is 2. The fourth-order valence-electron chi connectivity index (χ4n) is 2.88. The molecule has 2 amide bonds. The third-order valence-corrected chi connectivity index (χ3v) is 5.45. The van der Waals surface area contributed by atoms with Crippen molar-refractivity contribution in [1.29, 1.82) is 0 Å². The molecule has 1 aromatic rings. The second-order valence-electron chi connectivity index (χ2n) is 9.24. The van der Waals surface area contributed by atoms with Crippen molar-refractivity contribution in [3.8, 4) is 0 Å². The SMILES string of the molecule is C=CC[C@@H](NC(=O)OC(C)(C)C)C(=O)OCCCOC(=O)[C@H](CCS(C)=O)NC(=O)OCc1ccccc1. The van der Waals surface area contributed by atoms with Crippen molar-refractivity contribution < 1.29 is 42.3 Å². The van der Waals surface area contributed by atoms with Crippen LogP contribution in [0.5, 0.6) is 0 Å². The standard InChI is InChI=1S/C26H38N2O9S/c1-6-11-20(28-25(32)37-26(2,3)4)22(29)34-15-10-16-35-23(30)21(14-17-38(5)33)27-24(31)36-18-19-12-8-7-9-13-19/h6-9,12-13,20-21H,1,10-11,14-18H2,2-5H3,(H,27,31)(H,28,32)/t20-,21+,38?/m1/s1. The zero-order valence-corrected chi connectivity index (χ0v) is 23.2. The molecule has 38 heavy (non-hydrogen) atoms. The van der Waals surface area contributed by atoms with Crippen LogP contribution in [0.1, 0.15) is 45.6 Å². The van der Waals surface area contributed by atoms with Crippen LogP contribution in [0.15, 0.2) is 43.0 Å². The molecule has 0 aliphatic rings. The number of ether oxygens (including phenoxy) is 4. The first-order chi connectivity index (χ1) is 17.9. The van der Waals surface area contributed by atoms with Crippen LogP contribution >= 0.6 is 0 Å². The van der Waals surface area contributed by atoms with Gasteiger partial charge in [-0.3, -0.25) is 4.21 Å². The molecule has 0 aliphatic carbocycles. The number of benzene rings is 1. The lowest BCUT2D eigenvalue weighted by molar-refractivity contribution is -0.148. The predicted molar refractivity (Wildman–Crippen MR) is 142 cm³/mol. The number of esters is 2. The molecule has 3 atom stereocenters. The number of hydrogen-bond donors (Lipinski definition) is 2. The Bertz CT molecular complexity index is 948. The molecule has 0 saturated carbocycles. The maximum Gasteiger partial charge on any atom is 0.408 e. The van der Waals surface area contributed by atoms with Gasteiger partial charge in [0.1, 0.15) is 24.3 Å². The molecule has 2 N–H and O–H groups in total. The number of carbonyl (C=O) groups is 4. The van der Waals surface area contributed by atoms with Crippen molar-refractivity contribution in [3.05, 3.63) is 48.6 Å². The van der Waals surface area contributed by atoms with E-state index in [1.165, 1.54) is 12.3 Å². The van der Waals surface area contributed by atoms with Gasteiger partial charge in [0, 0.05) is 29.2 Å². The molecule has 12 heteroatoms. The van der Waals surface area contributed by atoms with E-state index >= 15 is 0 Å². The molecule has 1 aromatic carbocycles. The summed E-state index contributed by atoms with van der Waals surface area (Å²) in [4.78, 5) is 49.0. The quantitative estimate of drug-likeness (QED) is 0.145. The first-order valence-corrected chi connectivity index (χ1v) is 13.8. The van der Waals surface area contributed by atoms with Crippen LogP contribution in [0.2, 0.25) is 0 Å². The van der Waals surface area contributed by atoms with Crippen molar-refractivity contribution in [1.82, 2.24) is 10.6 Å². The van der Waals surface area contributed by atoms with Gasteiger partial charge in [0.25, 0.3) is 0 Å². The van der Waals surface area contributed by atoms with Gasteiger partial charge in [0.15, 0.2) is 0 Å². The van der Waals surface area contributed by atoms with Crippen molar-refractivity contribution in [2.24, 2.45) is 0 Å². The van der Waals surface area contributed by atoms with Gasteiger partial charge in [-0.2, -0.15) is 0 Å². The monoisotopic (exact) mass is 554 g/mol. The Morgan fingerprint density at radius 2 is 1.53 bits per heavy atom. The summed E-state index contributed by atoms with van der Waals surface area (Å²) in [5.74, 6) is -1.24. The molecule has 1 rings (SSSR count). The summed E-state index contributed by atoms with van der Waals surface area (Å²) in [6.07, 6.45) is 1.79. The summed E-state index contributed by atoms with van der Waals surface area (Å²) in [7, 11) is -1.19. The third kappa shape index (κ3) is 15.0. The fraction of sp³-hybridized carbons (Fsp3) is 0.538. The van der Waals surface area contributed by atoms with E-state index in [0.717, 1.165) is 5.56 Å². The van der Waals surface area contributed by atoms with Crippen LogP contribution in [-0.4, -0.2) is 71.2 Å². The molecular formula is C26H38N2O9S. The van der Waals surface area contributed by atoms with Gasteiger partial charge in [0.05, 0.1) is 13.2 Å². The largest absolute Gasteiger partial charge is 0.464 e. The molecule has 0 aliphatic heterocycles. The Balaban J connectivity index is 2.49. The zero-order chi connectivity index (χ0) is 28.6. The number of alkyl carbamates (subject to hydrolysis) is 2. The van der Waals surface area contributed by atoms with E-state index in [9.17, 15) is 23.4 Å². The topological polar surface area (TPSA) is 146 Å². The van der Waals surface area contributed by atoms with Gasteiger partial charge < -0.3 is 29.6 Å². The number of carbonyl (C=O) groups excluding carboxylic acids is 4. The van der Waals surface area contributed by atoms with Gasteiger partial charge in [-0.15, -0.1) is 6.58 Å². The predicted octanol–water partition coefficient (Wildman–Crippen LogP) is 3.00. The molecule has 0 saturated heterocycles. The third-order valence-electron chi connectivity index (χ3n) is 4.64. The zero-order valence-electron chi connectivity index (χ0n) is 22.4. The van der Waals surface area contributed by atoms with Gasteiger partial charge in [-0.1, -0.05) is 36.4 Å². The normalized spacial score (nSPS) is 13.3. The average Bonchev–Trinajstić information content (AvgIpc) is 2.83. The van der Waals surface area contributed by atoms with Crippen LogP contribution in [0.4, 0.5) is 9.59 Å². The molecule has 0 spiro atoms. The fourth-order valence-corrected chi connectivity index (χ4v) is 3.44. The van der Waals surface area contributed by atoms with E-state index in [0.29, 0.717) is 0 Å². The molecule has 0 fully saturated rings. The Labute approximate surface area is 226 Å². The van der Waals surface area contributed by atoms with E-state index < -0.39 is 52.6 Å². The lowest BCUT2D eigenvalue weighted by Gasteiger charge is -2.22. The van der Waals surface area contributed by atoms with Gasteiger partial charge in [-0.05, 0) is 39.2 Å². The maximum atomic E-state index is 12.5. The van der Waals surface area contributed by atoms with Crippen LogP contribution in [0.25, 0.3) is 0 Å². The number of amides is 2. The van der Waals surface area contributed by atoms with Crippen molar-refractivity contribution in [3.63, 3.8) is 0 Å². The first kappa shape index (κ1) is 32.6. The molecule has 0 aromatic heterocycles. The molecule has 212 valence electrons. The van der Waals surface area contributed by atoms with E-state index in [1.807, 2.05) is 18.2 Å². The molecule has 0 heterocycles. The van der Waals surface area contributed by atoms with Crippen LogP contribution < -0.4 is 10.6 Å². The Morgan fingerprint density at radius 1 is 0.947 bits per heavy atom. The first-order valence-electron chi connectivity index (χ1n) is 12.1. The summed E-state index contributed by atoms with van der Waals surface area (Å²) in [6.45, 7) is 8.52. The number of hydrogen-bond acceptors (Lipinski definition) is 9. The summed E-state index contributed by atoms with van der Waals surface area (Å²) >= 11 is 0. The highest BCUT2D eigenvalue weighted by molar-refractivity contribution is 7.84. The van der Waals surface area contributed by atoms with E-state index in [1.54, 1.807) is 32.9 Å². The second kappa shape index (κ2) is 17.2. The van der Waals surface area contributed by atoms with Gasteiger partial charge in [-0.25, -0.2) is 19.2 Å². The smallest absolute Gasteiger partial charge is 0.408 e. The lowest BCUT2D eigenvalue weighted by Crippen LogP contribution is -2.44. The molecular weight excluding hydrogens is 516 g/mol. The molecule has 0 bridgehead atoms. The summed E-state index contributed by atoms with van der Waals surface area (Å²) in [6, 6.07) is 7.00. The Hall–Kier alpha value is -3.41. The molecule has 0 radical (unpaired) electrons. The van der Waals surface area contributed by atoms with E-state index in [2.05, 4.69) is 17.2 Å². The molecule has 11 nitrogen and oxygen atoms in total. The van der Waals surface area contributed by atoms with Gasteiger partial charge >= 0.3 is 24.1 Å². The summed E-state index contributed by atoms with van der Waals surface area (Å²) < 4.78 is 32.2. The van der Waals surface area contributed by atoms with Crippen LogP contribution in [-0.2, 0) is 45.9 Å². The lowest BCUT2D eigenvalue weighted by atomic mass is 10.2. The van der Waals surface area contributed by atoms with E-state index in [-0.39, 0.29) is 44.8 Å². The number of rotatable bonds is 15.